The molecule has 1 N–H and O–H groups in total. The minimum atomic E-state index is -0.866. The Hall–Kier alpha value is -2.15. The molecule has 0 spiro atoms. The van der Waals surface area contributed by atoms with Gasteiger partial charge in [0.25, 0.3) is 0 Å². The molecular weight excluding hydrogens is 328 g/mol. The van der Waals surface area contributed by atoms with Gasteiger partial charge < -0.3 is 14.4 Å². The lowest BCUT2D eigenvalue weighted by Gasteiger charge is -2.37. The van der Waals surface area contributed by atoms with Crippen molar-refractivity contribution in [2.45, 2.75) is 33.1 Å². The van der Waals surface area contributed by atoms with Gasteiger partial charge in [-0.1, -0.05) is 6.07 Å². The molecule has 0 aromatic carbocycles. The standard InChI is InChI=1S/C17H20N2O4S/c1-11-12(18-15(23-11)13-5-3-8-24-13)9-14(20)19-7-4-6-17(2,10-19)16(21)22/h3,5,8H,4,6-7,9-10H2,1-2H3,(H,21,22). The van der Waals surface area contributed by atoms with Crippen LogP contribution in [0.3, 0.4) is 0 Å². The molecular formula is C17H20N2O4S. The summed E-state index contributed by atoms with van der Waals surface area (Å²) in [4.78, 5) is 31.0. The number of hydrogen-bond donors (Lipinski definition) is 1. The summed E-state index contributed by atoms with van der Waals surface area (Å²) >= 11 is 1.53. The average molecular weight is 348 g/mol. The SMILES string of the molecule is Cc1oc(-c2cccs2)nc1CC(=O)N1CCCC(C)(C(=O)O)C1. The zero-order valence-electron chi connectivity index (χ0n) is 13.7. The predicted molar refractivity (Wildman–Crippen MR) is 89.8 cm³/mol. The van der Waals surface area contributed by atoms with E-state index < -0.39 is 11.4 Å². The minimum absolute atomic E-state index is 0.101. The van der Waals surface area contributed by atoms with E-state index in [1.807, 2.05) is 17.5 Å². The Morgan fingerprint density at radius 2 is 2.29 bits per heavy atom. The van der Waals surface area contributed by atoms with Crippen molar-refractivity contribution in [2.75, 3.05) is 13.1 Å². The number of hydrogen-bond acceptors (Lipinski definition) is 5. The number of carbonyl (C=O) groups excluding carboxylic acids is 1. The Morgan fingerprint density at radius 1 is 1.50 bits per heavy atom. The molecule has 0 saturated carbocycles. The molecule has 6 nitrogen and oxygen atoms in total. The van der Waals surface area contributed by atoms with Crippen molar-refractivity contribution in [3.8, 4) is 10.8 Å². The van der Waals surface area contributed by atoms with E-state index in [2.05, 4.69) is 4.98 Å². The maximum Gasteiger partial charge on any atom is 0.311 e. The van der Waals surface area contributed by atoms with Crippen LogP contribution >= 0.6 is 11.3 Å². The van der Waals surface area contributed by atoms with Gasteiger partial charge in [0.15, 0.2) is 0 Å². The number of carbonyl (C=O) groups is 2. The van der Waals surface area contributed by atoms with Gasteiger partial charge >= 0.3 is 5.97 Å². The number of nitrogens with zero attached hydrogens (tertiary/aromatic N) is 2. The highest BCUT2D eigenvalue weighted by Crippen LogP contribution is 2.30. The second kappa shape index (κ2) is 6.39. The smallest absolute Gasteiger partial charge is 0.311 e. The summed E-state index contributed by atoms with van der Waals surface area (Å²) in [6.45, 7) is 4.33. The molecule has 1 aliphatic rings. The molecule has 1 aliphatic heterocycles. The van der Waals surface area contributed by atoms with Crippen LogP contribution in [0.4, 0.5) is 0 Å². The molecule has 128 valence electrons. The lowest BCUT2D eigenvalue weighted by molar-refractivity contribution is -0.153. The van der Waals surface area contributed by atoms with E-state index in [0.29, 0.717) is 36.7 Å². The average Bonchev–Trinajstić information content (AvgIpc) is 3.17. The molecule has 2 aromatic rings. The van der Waals surface area contributed by atoms with Crippen LogP contribution in [0.1, 0.15) is 31.2 Å². The van der Waals surface area contributed by atoms with Crippen molar-refractivity contribution in [1.82, 2.24) is 9.88 Å². The highest BCUT2D eigenvalue weighted by Gasteiger charge is 2.39. The Bertz CT molecular complexity index is 753. The second-order valence-corrected chi connectivity index (χ2v) is 7.41. The fourth-order valence-electron chi connectivity index (χ4n) is 2.98. The predicted octanol–water partition coefficient (Wildman–Crippen LogP) is 2.97. The van der Waals surface area contributed by atoms with E-state index in [-0.39, 0.29) is 18.9 Å². The van der Waals surface area contributed by atoms with E-state index in [0.717, 1.165) is 4.88 Å². The Morgan fingerprint density at radius 3 is 2.96 bits per heavy atom. The summed E-state index contributed by atoms with van der Waals surface area (Å²) in [7, 11) is 0. The van der Waals surface area contributed by atoms with Gasteiger partial charge in [-0.25, -0.2) is 4.98 Å². The topological polar surface area (TPSA) is 83.6 Å². The fourth-order valence-corrected chi connectivity index (χ4v) is 3.63. The molecule has 1 fully saturated rings. The molecule has 0 aliphatic carbocycles. The number of likely N-dealkylation sites (tertiary alicyclic amines) is 1. The number of thiophene rings is 1. The summed E-state index contributed by atoms with van der Waals surface area (Å²) in [5.41, 5.74) is -0.249. The van der Waals surface area contributed by atoms with Gasteiger partial charge in [-0.2, -0.15) is 0 Å². The van der Waals surface area contributed by atoms with Gasteiger partial charge in [0.2, 0.25) is 11.8 Å². The number of carboxylic acids is 1. The molecule has 1 amide bonds. The van der Waals surface area contributed by atoms with Crippen molar-refractivity contribution < 1.29 is 19.1 Å². The number of carboxylic acid groups (broad SMARTS) is 1. The van der Waals surface area contributed by atoms with E-state index in [1.54, 1.807) is 18.7 Å². The Kier molecular flexibility index (Phi) is 4.45. The number of piperidine rings is 1. The Balaban J connectivity index is 1.72. The first kappa shape index (κ1) is 16.7. The van der Waals surface area contributed by atoms with Crippen molar-refractivity contribution in [2.24, 2.45) is 5.41 Å². The van der Waals surface area contributed by atoms with Crippen LogP contribution in [0.15, 0.2) is 21.9 Å². The van der Waals surface area contributed by atoms with Crippen molar-refractivity contribution >= 4 is 23.2 Å². The molecule has 1 unspecified atom stereocenters. The number of aromatic nitrogens is 1. The molecule has 1 saturated heterocycles. The highest BCUT2D eigenvalue weighted by atomic mass is 32.1. The number of oxazole rings is 1. The number of aliphatic carboxylic acids is 1. The maximum absolute atomic E-state index is 12.6. The van der Waals surface area contributed by atoms with Gasteiger partial charge in [-0.15, -0.1) is 11.3 Å². The third-order valence-corrected chi connectivity index (χ3v) is 5.37. The van der Waals surface area contributed by atoms with Crippen molar-refractivity contribution in [3.05, 3.63) is 29.0 Å². The van der Waals surface area contributed by atoms with Gasteiger partial charge in [0.05, 0.1) is 22.4 Å². The van der Waals surface area contributed by atoms with Crippen LogP contribution in [-0.4, -0.2) is 40.0 Å². The monoisotopic (exact) mass is 348 g/mol. The van der Waals surface area contributed by atoms with Gasteiger partial charge in [-0.3, -0.25) is 9.59 Å². The third-order valence-electron chi connectivity index (χ3n) is 4.51. The normalized spacial score (nSPS) is 21.0. The summed E-state index contributed by atoms with van der Waals surface area (Å²) in [6, 6.07) is 3.84. The first-order chi connectivity index (χ1) is 11.4. The first-order valence-electron chi connectivity index (χ1n) is 7.90. The van der Waals surface area contributed by atoms with Gasteiger partial charge in [0.1, 0.15) is 5.76 Å². The summed E-state index contributed by atoms with van der Waals surface area (Å²) in [5.74, 6) is 0.206. The fraction of sp³-hybridized carbons (Fsp3) is 0.471. The molecule has 1 atom stereocenters. The van der Waals surface area contributed by atoms with E-state index in [1.165, 1.54) is 11.3 Å². The van der Waals surface area contributed by atoms with Gasteiger partial charge in [0, 0.05) is 13.1 Å². The van der Waals surface area contributed by atoms with Crippen LogP contribution in [0.25, 0.3) is 10.8 Å². The van der Waals surface area contributed by atoms with Crippen LogP contribution in [0.2, 0.25) is 0 Å². The number of amides is 1. The molecule has 24 heavy (non-hydrogen) atoms. The number of aryl methyl sites for hydroxylation is 1. The highest BCUT2D eigenvalue weighted by molar-refractivity contribution is 7.13. The summed E-state index contributed by atoms with van der Waals surface area (Å²) in [6.07, 6.45) is 1.43. The quantitative estimate of drug-likeness (QED) is 0.918. The second-order valence-electron chi connectivity index (χ2n) is 6.46. The summed E-state index contributed by atoms with van der Waals surface area (Å²) < 4.78 is 5.66. The Labute approximate surface area is 144 Å². The van der Waals surface area contributed by atoms with Crippen LogP contribution < -0.4 is 0 Å². The largest absolute Gasteiger partial charge is 0.481 e. The van der Waals surface area contributed by atoms with Crippen LogP contribution in [-0.2, 0) is 16.0 Å². The van der Waals surface area contributed by atoms with Crippen molar-refractivity contribution in [1.29, 1.82) is 0 Å². The molecule has 3 rings (SSSR count). The van der Waals surface area contributed by atoms with Crippen molar-refractivity contribution in [3.63, 3.8) is 0 Å². The van der Waals surface area contributed by atoms with Crippen LogP contribution in [0, 0.1) is 12.3 Å². The molecule has 0 radical (unpaired) electrons. The zero-order chi connectivity index (χ0) is 17.3. The maximum atomic E-state index is 12.6. The molecule has 0 bridgehead atoms. The first-order valence-corrected chi connectivity index (χ1v) is 8.78. The van der Waals surface area contributed by atoms with E-state index >= 15 is 0 Å². The van der Waals surface area contributed by atoms with Gasteiger partial charge in [-0.05, 0) is 38.1 Å². The van der Waals surface area contributed by atoms with E-state index in [9.17, 15) is 14.7 Å². The zero-order valence-corrected chi connectivity index (χ0v) is 14.6. The van der Waals surface area contributed by atoms with Crippen LogP contribution in [0.5, 0.6) is 0 Å². The minimum Gasteiger partial charge on any atom is -0.481 e. The lowest BCUT2D eigenvalue weighted by atomic mass is 9.82. The molecule has 2 aromatic heterocycles. The molecule has 3 heterocycles. The molecule has 7 heteroatoms. The van der Waals surface area contributed by atoms with E-state index in [4.69, 9.17) is 4.42 Å². The summed E-state index contributed by atoms with van der Waals surface area (Å²) in [5, 5.41) is 11.3. The number of rotatable bonds is 4. The third kappa shape index (κ3) is 3.21. The lowest BCUT2D eigenvalue weighted by Crippen LogP contribution is -2.48.